The number of aryl methyl sites for hydroxylation is 1. The highest BCUT2D eigenvalue weighted by Crippen LogP contribution is 2.33. The lowest BCUT2D eigenvalue weighted by Crippen LogP contribution is -2.40. The molecule has 1 aromatic carbocycles. The standard InChI is InChI=1S/C20H24N4O4/c21-18(25)12-24-9-7-22-20(24)15-2-1-8-23(11-15)19(26)6-4-14-3-5-16-17(10-14)28-13-27-16/h3,5,7,9-10,15H,1-2,4,6,8,11-13H2,(H2,21,25)/t15-/m1/s1. The van der Waals surface area contributed by atoms with E-state index in [1.807, 2.05) is 23.1 Å². The molecule has 148 valence electrons. The quantitative estimate of drug-likeness (QED) is 0.812. The number of primary amides is 1. The zero-order valence-electron chi connectivity index (χ0n) is 15.7. The summed E-state index contributed by atoms with van der Waals surface area (Å²) in [7, 11) is 0. The summed E-state index contributed by atoms with van der Waals surface area (Å²) in [6.45, 7) is 1.74. The highest BCUT2D eigenvalue weighted by molar-refractivity contribution is 5.76. The number of fused-ring (bicyclic) bond motifs is 1. The second kappa shape index (κ2) is 7.92. The van der Waals surface area contributed by atoms with Crippen LogP contribution in [0.2, 0.25) is 0 Å². The lowest BCUT2D eigenvalue weighted by molar-refractivity contribution is -0.132. The minimum Gasteiger partial charge on any atom is -0.454 e. The van der Waals surface area contributed by atoms with Crippen LogP contribution < -0.4 is 15.2 Å². The number of rotatable bonds is 6. The number of hydrogen-bond donors (Lipinski definition) is 1. The van der Waals surface area contributed by atoms with Crippen LogP contribution in [0.1, 0.15) is 36.6 Å². The average Bonchev–Trinajstić information content (AvgIpc) is 3.34. The maximum atomic E-state index is 12.8. The third kappa shape index (κ3) is 3.95. The smallest absolute Gasteiger partial charge is 0.237 e. The number of piperidine rings is 1. The molecule has 1 fully saturated rings. The Hall–Kier alpha value is -3.03. The van der Waals surface area contributed by atoms with Gasteiger partial charge >= 0.3 is 0 Å². The van der Waals surface area contributed by atoms with Crippen LogP contribution in [0.15, 0.2) is 30.6 Å². The third-order valence-corrected chi connectivity index (χ3v) is 5.28. The van der Waals surface area contributed by atoms with Crippen LogP contribution in [0.5, 0.6) is 11.5 Å². The molecule has 0 radical (unpaired) electrons. The molecule has 1 aromatic heterocycles. The van der Waals surface area contributed by atoms with Crippen LogP contribution in [0.25, 0.3) is 0 Å². The monoisotopic (exact) mass is 384 g/mol. The van der Waals surface area contributed by atoms with E-state index in [-0.39, 0.29) is 25.2 Å². The first-order valence-electron chi connectivity index (χ1n) is 9.56. The predicted octanol–water partition coefficient (Wildman–Crippen LogP) is 1.44. The lowest BCUT2D eigenvalue weighted by atomic mass is 9.96. The van der Waals surface area contributed by atoms with Crippen LogP contribution in [-0.4, -0.2) is 46.1 Å². The van der Waals surface area contributed by atoms with Gasteiger partial charge < -0.3 is 24.7 Å². The molecule has 1 atom stereocenters. The Labute approximate surface area is 163 Å². The predicted molar refractivity (Wildman–Crippen MR) is 101 cm³/mol. The number of carbonyl (C=O) groups excluding carboxylic acids is 2. The molecule has 8 heteroatoms. The number of aromatic nitrogens is 2. The zero-order chi connectivity index (χ0) is 19.5. The fourth-order valence-corrected chi connectivity index (χ4v) is 3.90. The van der Waals surface area contributed by atoms with Gasteiger partial charge in [0.15, 0.2) is 11.5 Å². The van der Waals surface area contributed by atoms with Gasteiger partial charge in [-0.25, -0.2) is 4.98 Å². The van der Waals surface area contributed by atoms with Gasteiger partial charge in [0.05, 0.1) is 0 Å². The summed E-state index contributed by atoms with van der Waals surface area (Å²) in [6.07, 6.45) is 6.42. The number of ether oxygens (including phenoxy) is 2. The Kier molecular flexibility index (Phi) is 5.18. The Morgan fingerprint density at radius 3 is 2.96 bits per heavy atom. The van der Waals surface area contributed by atoms with Crippen molar-refractivity contribution in [2.75, 3.05) is 19.9 Å². The van der Waals surface area contributed by atoms with Crippen molar-refractivity contribution in [2.24, 2.45) is 5.73 Å². The molecule has 0 unspecified atom stereocenters. The van der Waals surface area contributed by atoms with Crippen molar-refractivity contribution >= 4 is 11.8 Å². The molecule has 2 aliphatic rings. The Morgan fingerprint density at radius 1 is 1.25 bits per heavy atom. The van der Waals surface area contributed by atoms with E-state index in [1.165, 1.54) is 0 Å². The SMILES string of the molecule is NC(=O)Cn1ccnc1[C@@H]1CCCN(C(=O)CCc2ccc3c(c2)OCO3)C1. The van der Waals surface area contributed by atoms with E-state index in [9.17, 15) is 9.59 Å². The highest BCUT2D eigenvalue weighted by Gasteiger charge is 2.27. The largest absolute Gasteiger partial charge is 0.454 e. The normalized spacial score (nSPS) is 18.3. The molecular weight excluding hydrogens is 360 g/mol. The molecule has 2 amide bonds. The number of nitrogens with two attached hydrogens (primary N) is 1. The molecule has 0 saturated carbocycles. The van der Waals surface area contributed by atoms with Gasteiger partial charge in [-0.2, -0.15) is 0 Å². The first kappa shape index (κ1) is 18.3. The molecule has 8 nitrogen and oxygen atoms in total. The van der Waals surface area contributed by atoms with E-state index in [4.69, 9.17) is 15.2 Å². The van der Waals surface area contributed by atoms with E-state index in [2.05, 4.69) is 4.98 Å². The Morgan fingerprint density at radius 2 is 2.11 bits per heavy atom. The molecule has 4 rings (SSSR count). The lowest BCUT2D eigenvalue weighted by Gasteiger charge is -2.32. The van der Waals surface area contributed by atoms with E-state index in [1.54, 1.807) is 17.0 Å². The van der Waals surface area contributed by atoms with E-state index < -0.39 is 5.91 Å². The summed E-state index contributed by atoms with van der Waals surface area (Å²) in [5, 5.41) is 0. The van der Waals surface area contributed by atoms with E-state index in [0.717, 1.165) is 42.3 Å². The van der Waals surface area contributed by atoms with Gasteiger partial charge in [0.2, 0.25) is 18.6 Å². The number of benzene rings is 1. The van der Waals surface area contributed by atoms with Crippen molar-refractivity contribution in [1.29, 1.82) is 0 Å². The van der Waals surface area contributed by atoms with Crippen molar-refractivity contribution < 1.29 is 19.1 Å². The van der Waals surface area contributed by atoms with E-state index >= 15 is 0 Å². The molecule has 2 N–H and O–H groups in total. The molecule has 1 saturated heterocycles. The van der Waals surface area contributed by atoms with Crippen LogP contribution in [0.3, 0.4) is 0 Å². The fraction of sp³-hybridized carbons (Fsp3) is 0.450. The molecule has 0 aliphatic carbocycles. The number of likely N-dealkylation sites (tertiary alicyclic amines) is 1. The number of carbonyl (C=O) groups is 2. The second-order valence-electron chi connectivity index (χ2n) is 7.25. The van der Waals surface area contributed by atoms with Crippen molar-refractivity contribution in [2.45, 2.75) is 38.1 Å². The first-order chi connectivity index (χ1) is 13.6. The van der Waals surface area contributed by atoms with Crippen molar-refractivity contribution in [3.63, 3.8) is 0 Å². The molecule has 0 spiro atoms. The van der Waals surface area contributed by atoms with E-state index in [0.29, 0.717) is 19.4 Å². The number of imidazole rings is 1. The van der Waals surface area contributed by atoms with Gasteiger partial charge in [0, 0.05) is 37.8 Å². The molecular formula is C20H24N4O4. The van der Waals surface area contributed by atoms with Crippen LogP contribution in [-0.2, 0) is 22.6 Å². The maximum Gasteiger partial charge on any atom is 0.237 e. The summed E-state index contributed by atoms with van der Waals surface area (Å²) >= 11 is 0. The number of hydrogen-bond acceptors (Lipinski definition) is 5. The zero-order valence-corrected chi connectivity index (χ0v) is 15.7. The van der Waals surface area contributed by atoms with Crippen LogP contribution >= 0.6 is 0 Å². The van der Waals surface area contributed by atoms with Crippen molar-refractivity contribution in [3.05, 3.63) is 42.0 Å². The Balaban J connectivity index is 1.36. The first-order valence-corrected chi connectivity index (χ1v) is 9.56. The Bertz CT molecular complexity index is 879. The molecule has 28 heavy (non-hydrogen) atoms. The minimum absolute atomic E-state index is 0.115. The van der Waals surface area contributed by atoms with Gasteiger partial charge in [-0.05, 0) is 37.0 Å². The van der Waals surface area contributed by atoms with Gasteiger partial charge in [0.1, 0.15) is 12.4 Å². The second-order valence-corrected chi connectivity index (χ2v) is 7.25. The number of amides is 2. The molecule has 2 aliphatic heterocycles. The highest BCUT2D eigenvalue weighted by atomic mass is 16.7. The maximum absolute atomic E-state index is 12.8. The van der Waals surface area contributed by atoms with Crippen LogP contribution in [0.4, 0.5) is 0 Å². The third-order valence-electron chi connectivity index (χ3n) is 5.28. The molecule has 2 aromatic rings. The van der Waals surface area contributed by atoms with Gasteiger partial charge in [-0.3, -0.25) is 9.59 Å². The van der Waals surface area contributed by atoms with Gasteiger partial charge in [0.25, 0.3) is 0 Å². The molecule has 3 heterocycles. The topological polar surface area (TPSA) is 99.7 Å². The van der Waals surface area contributed by atoms with Crippen LogP contribution in [0, 0.1) is 0 Å². The average molecular weight is 384 g/mol. The van der Waals surface area contributed by atoms with Gasteiger partial charge in [-0.1, -0.05) is 6.07 Å². The van der Waals surface area contributed by atoms with Crippen molar-refractivity contribution in [1.82, 2.24) is 14.5 Å². The minimum atomic E-state index is -0.397. The summed E-state index contributed by atoms with van der Waals surface area (Å²) in [5.41, 5.74) is 6.38. The summed E-state index contributed by atoms with van der Waals surface area (Å²) < 4.78 is 12.5. The van der Waals surface area contributed by atoms with Gasteiger partial charge in [-0.15, -0.1) is 0 Å². The fourth-order valence-electron chi connectivity index (χ4n) is 3.90. The number of nitrogens with zero attached hydrogens (tertiary/aromatic N) is 3. The molecule has 0 bridgehead atoms. The summed E-state index contributed by atoms with van der Waals surface area (Å²) in [5.74, 6) is 2.18. The summed E-state index contributed by atoms with van der Waals surface area (Å²) in [4.78, 5) is 30.3. The summed E-state index contributed by atoms with van der Waals surface area (Å²) in [6, 6.07) is 5.80. The van der Waals surface area contributed by atoms with Crippen molar-refractivity contribution in [3.8, 4) is 11.5 Å².